The fraction of sp³-hybridized carbons (Fsp3) is 0.500. The standard InChI is InChI=1S/C16H21F2N3O4/c1-20(11-15(23)21-6-8-24-9-7-21)10-14(22)19-12-2-4-13(5-3-12)25-16(17)18/h2-5,16H,6-11H2,1H3,(H,19,22). The lowest BCUT2D eigenvalue weighted by molar-refractivity contribution is -0.136. The van der Waals surface area contributed by atoms with E-state index in [4.69, 9.17) is 4.74 Å². The fourth-order valence-corrected chi connectivity index (χ4v) is 2.36. The first-order chi connectivity index (χ1) is 11.9. The van der Waals surface area contributed by atoms with Crippen molar-refractivity contribution in [1.82, 2.24) is 9.80 Å². The maximum absolute atomic E-state index is 12.1. The molecule has 1 fully saturated rings. The van der Waals surface area contributed by atoms with Gasteiger partial charge in [-0.25, -0.2) is 0 Å². The second-order valence-corrected chi connectivity index (χ2v) is 5.62. The number of benzene rings is 1. The van der Waals surface area contributed by atoms with Crippen LogP contribution in [0.3, 0.4) is 0 Å². The van der Waals surface area contributed by atoms with E-state index in [1.807, 2.05) is 0 Å². The van der Waals surface area contributed by atoms with Crippen LogP contribution >= 0.6 is 0 Å². The number of morpholine rings is 1. The zero-order valence-corrected chi connectivity index (χ0v) is 13.9. The summed E-state index contributed by atoms with van der Waals surface area (Å²) in [5.41, 5.74) is 0.458. The number of hydrogen-bond donors (Lipinski definition) is 1. The third kappa shape index (κ3) is 6.63. The van der Waals surface area contributed by atoms with Gasteiger partial charge in [-0.15, -0.1) is 0 Å². The molecule has 7 nitrogen and oxygen atoms in total. The Bertz CT molecular complexity index is 577. The molecule has 2 rings (SSSR count). The van der Waals surface area contributed by atoms with Crippen molar-refractivity contribution in [2.45, 2.75) is 6.61 Å². The van der Waals surface area contributed by atoms with E-state index in [9.17, 15) is 18.4 Å². The Kier molecular flexibility index (Phi) is 7.08. The van der Waals surface area contributed by atoms with Crippen molar-refractivity contribution in [3.05, 3.63) is 24.3 Å². The monoisotopic (exact) mass is 357 g/mol. The minimum atomic E-state index is -2.89. The van der Waals surface area contributed by atoms with Gasteiger partial charge in [0.2, 0.25) is 11.8 Å². The lowest BCUT2D eigenvalue weighted by Crippen LogP contribution is -2.46. The van der Waals surface area contributed by atoms with Crippen molar-refractivity contribution in [3.63, 3.8) is 0 Å². The van der Waals surface area contributed by atoms with Crippen LogP contribution in [0.25, 0.3) is 0 Å². The van der Waals surface area contributed by atoms with Crippen LogP contribution in [-0.2, 0) is 14.3 Å². The molecule has 9 heteroatoms. The molecule has 0 atom stereocenters. The number of hydrogen-bond acceptors (Lipinski definition) is 5. The number of likely N-dealkylation sites (N-methyl/N-ethyl adjacent to an activating group) is 1. The number of alkyl halides is 2. The summed E-state index contributed by atoms with van der Waals surface area (Å²) >= 11 is 0. The summed E-state index contributed by atoms with van der Waals surface area (Å²) in [7, 11) is 1.68. The van der Waals surface area contributed by atoms with Crippen molar-refractivity contribution in [3.8, 4) is 5.75 Å². The van der Waals surface area contributed by atoms with Gasteiger partial charge in [-0.2, -0.15) is 8.78 Å². The first kappa shape index (κ1) is 19.1. The van der Waals surface area contributed by atoms with Crippen LogP contribution in [-0.4, -0.2) is 74.7 Å². The van der Waals surface area contributed by atoms with E-state index >= 15 is 0 Å². The summed E-state index contributed by atoms with van der Waals surface area (Å²) < 4.78 is 33.6. The van der Waals surface area contributed by atoms with Gasteiger partial charge in [0.15, 0.2) is 0 Å². The second kappa shape index (κ2) is 9.28. The summed E-state index contributed by atoms with van der Waals surface area (Å²) in [6.45, 7) is -0.543. The smallest absolute Gasteiger partial charge is 0.387 e. The average Bonchev–Trinajstić information content (AvgIpc) is 2.56. The van der Waals surface area contributed by atoms with E-state index in [0.717, 1.165) is 0 Å². The Morgan fingerprint density at radius 1 is 1.24 bits per heavy atom. The molecule has 1 saturated heterocycles. The first-order valence-corrected chi connectivity index (χ1v) is 7.83. The highest BCUT2D eigenvalue weighted by Crippen LogP contribution is 2.17. The van der Waals surface area contributed by atoms with Crippen molar-refractivity contribution in [2.24, 2.45) is 0 Å². The topological polar surface area (TPSA) is 71.1 Å². The molecule has 138 valence electrons. The SMILES string of the molecule is CN(CC(=O)Nc1ccc(OC(F)F)cc1)CC(=O)N1CCOCC1. The molecular weight excluding hydrogens is 336 g/mol. The number of anilines is 1. The molecule has 1 aliphatic heterocycles. The lowest BCUT2D eigenvalue weighted by Gasteiger charge is -2.28. The summed E-state index contributed by atoms with van der Waals surface area (Å²) in [5, 5.41) is 2.64. The summed E-state index contributed by atoms with van der Waals surface area (Å²) in [6.07, 6.45) is 0. The number of carbonyl (C=O) groups excluding carboxylic acids is 2. The zero-order chi connectivity index (χ0) is 18.2. The zero-order valence-electron chi connectivity index (χ0n) is 13.9. The maximum Gasteiger partial charge on any atom is 0.387 e. The van der Waals surface area contributed by atoms with E-state index in [1.165, 1.54) is 24.3 Å². The van der Waals surface area contributed by atoms with Gasteiger partial charge >= 0.3 is 6.61 Å². The molecule has 1 N–H and O–H groups in total. The lowest BCUT2D eigenvalue weighted by atomic mass is 10.3. The quantitative estimate of drug-likeness (QED) is 0.789. The van der Waals surface area contributed by atoms with E-state index in [2.05, 4.69) is 10.1 Å². The minimum Gasteiger partial charge on any atom is -0.435 e. The first-order valence-electron chi connectivity index (χ1n) is 7.83. The van der Waals surface area contributed by atoms with Gasteiger partial charge in [0, 0.05) is 18.8 Å². The number of ether oxygens (including phenoxy) is 2. The summed E-state index contributed by atoms with van der Waals surface area (Å²) in [6, 6.07) is 5.61. The van der Waals surface area contributed by atoms with Gasteiger partial charge in [-0.3, -0.25) is 14.5 Å². The minimum absolute atomic E-state index is 0.0150. The Balaban J connectivity index is 1.75. The van der Waals surface area contributed by atoms with Crippen molar-refractivity contribution in [1.29, 1.82) is 0 Å². The number of carbonyl (C=O) groups is 2. The van der Waals surface area contributed by atoms with Crippen LogP contribution in [0.4, 0.5) is 14.5 Å². The highest BCUT2D eigenvalue weighted by atomic mass is 19.3. The predicted octanol–water partition coefficient (Wildman–Crippen LogP) is 1.02. The van der Waals surface area contributed by atoms with Crippen LogP contribution in [0.1, 0.15) is 0 Å². The number of amides is 2. The molecule has 2 amide bonds. The third-order valence-electron chi connectivity index (χ3n) is 3.55. The van der Waals surface area contributed by atoms with Crippen LogP contribution in [0.15, 0.2) is 24.3 Å². The molecule has 0 spiro atoms. The normalized spacial score (nSPS) is 14.7. The van der Waals surface area contributed by atoms with Crippen molar-refractivity contribution < 1.29 is 27.8 Å². The van der Waals surface area contributed by atoms with Crippen LogP contribution in [0.5, 0.6) is 5.75 Å². The summed E-state index contributed by atoms with van der Waals surface area (Å²) in [5.74, 6) is -0.340. The molecule has 25 heavy (non-hydrogen) atoms. The van der Waals surface area contributed by atoms with Gasteiger partial charge in [-0.05, 0) is 31.3 Å². The van der Waals surface area contributed by atoms with Crippen molar-refractivity contribution in [2.75, 3.05) is 51.8 Å². The molecular formula is C16H21F2N3O4. The van der Waals surface area contributed by atoms with Crippen LogP contribution in [0.2, 0.25) is 0 Å². The van der Waals surface area contributed by atoms with Gasteiger partial charge < -0.3 is 19.7 Å². The maximum atomic E-state index is 12.1. The Morgan fingerprint density at radius 2 is 1.88 bits per heavy atom. The van der Waals surface area contributed by atoms with Crippen LogP contribution < -0.4 is 10.1 Å². The molecule has 0 aliphatic carbocycles. The molecule has 0 bridgehead atoms. The Morgan fingerprint density at radius 3 is 2.48 bits per heavy atom. The van der Waals surface area contributed by atoms with Gasteiger partial charge in [0.1, 0.15) is 5.75 Å². The van der Waals surface area contributed by atoms with Gasteiger partial charge in [0.25, 0.3) is 0 Å². The number of nitrogens with one attached hydrogen (secondary N) is 1. The van der Waals surface area contributed by atoms with Crippen LogP contribution in [0, 0.1) is 0 Å². The number of nitrogens with zero attached hydrogens (tertiary/aromatic N) is 2. The molecule has 0 saturated carbocycles. The predicted molar refractivity (Wildman–Crippen MR) is 86.6 cm³/mol. The molecule has 0 unspecified atom stereocenters. The summed E-state index contributed by atoms with van der Waals surface area (Å²) in [4.78, 5) is 27.4. The largest absolute Gasteiger partial charge is 0.435 e. The molecule has 1 heterocycles. The molecule has 0 aromatic heterocycles. The molecule has 1 aromatic carbocycles. The number of halogens is 2. The highest BCUT2D eigenvalue weighted by Gasteiger charge is 2.19. The Hall–Kier alpha value is -2.26. The molecule has 1 aliphatic rings. The third-order valence-corrected chi connectivity index (χ3v) is 3.55. The highest BCUT2D eigenvalue weighted by molar-refractivity contribution is 5.92. The van der Waals surface area contributed by atoms with Gasteiger partial charge in [0.05, 0.1) is 26.3 Å². The number of rotatable bonds is 7. The molecule has 1 aromatic rings. The van der Waals surface area contributed by atoms with E-state index in [-0.39, 0.29) is 30.7 Å². The second-order valence-electron chi connectivity index (χ2n) is 5.62. The van der Waals surface area contributed by atoms with E-state index in [1.54, 1.807) is 16.8 Å². The van der Waals surface area contributed by atoms with Crippen molar-refractivity contribution >= 4 is 17.5 Å². The van der Waals surface area contributed by atoms with E-state index in [0.29, 0.717) is 32.0 Å². The van der Waals surface area contributed by atoms with Gasteiger partial charge in [-0.1, -0.05) is 0 Å². The average molecular weight is 357 g/mol. The fourth-order valence-electron chi connectivity index (χ4n) is 2.36. The van der Waals surface area contributed by atoms with E-state index < -0.39 is 6.61 Å². The molecule has 0 radical (unpaired) electrons. The Labute approximate surface area is 144 Å².